The molecule has 2 aromatic rings. The highest BCUT2D eigenvalue weighted by Crippen LogP contribution is 2.17. The van der Waals surface area contributed by atoms with Gasteiger partial charge in [-0.1, -0.05) is 6.07 Å². The molecule has 7 heteroatoms. The topological polar surface area (TPSA) is 58.6 Å². The van der Waals surface area contributed by atoms with Crippen LogP contribution in [0.3, 0.4) is 0 Å². The van der Waals surface area contributed by atoms with Gasteiger partial charge in [-0.3, -0.25) is 4.79 Å². The number of piperazine rings is 1. The van der Waals surface area contributed by atoms with Crippen molar-refractivity contribution in [3.8, 4) is 5.75 Å². The van der Waals surface area contributed by atoms with Gasteiger partial charge >= 0.3 is 0 Å². The minimum Gasteiger partial charge on any atom is -0.497 e. The number of methoxy groups -OCH3 is 1. The van der Waals surface area contributed by atoms with Crippen LogP contribution in [0.15, 0.2) is 41.1 Å². The molecule has 1 saturated heterocycles. The summed E-state index contributed by atoms with van der Waals surface area (Å²) < 4.78 is 6.03. The molecule has 0 N–H and O–H groups in total. The molecule has 0 saturated carbocycles. The molecule has 0 unspecified atom stereocenters. The number of aromatic nitrogens is 2. The Bertz CT molecular complexity index is 685. The molecule has 1 fully saturated rings. The van der Waals surface area contributed by atoms with Crippen molar-refractivity contribution in [2.75, 3.05) is 38.2 Å². The summed E-state index contributed by atoms with van der Waals surface area (Å²) in [6, 6.07) is 7.25. The van der Waals surface area contributed by atoms with Crippen LogP contribution < -0.4 is 9.64 Å². The zero-order valence-electron chi connectivity index (χ0n) is 12.8. The van der Waals surface area contributed by atoms with E-state index in [9.17, 15) is 4.79 Å². The molecule has 3 rings (SSSR count). The first-order valence-electron chi connectivity index (χ1n) is 7.33. The molecule has 0 spiro atoms. The fourth-order valence-electron chi connectivity index (χ4n) is 2.52. The Morgan fingerprint density at radius 3 is 2.52 bits per heavy atom. The molecule has 1 aliphatic rings. The molecule has 0 aliphatic carbocycles. The van der Waals surface area contributed by atoms with Gasteiger partial charge in [0.25, 0.3) is 5.91 Å². The summed E-state index contributed by atoms with van der Waals surface area (Å²) in [7, 11) is 1.60. The van der Waals surface area contributed by atoms with Crippen molar-refractivity contribution in [3.63, 3.8) is 0 Å². The van der Waals surface area contributed by atoms with Crippen LogP contribution >= 0.6 is 15.9 Å². The molecule has 23 heavy (non-hydrogen) atoms. The minimum atomic E-state index is 0.0280. The van der Waals surface area contributed by atoms with Gasteiger partial charge in [0.1, 0.15) is 5.75 Å². The van der Waals surface area contributed by atoms with Crippen LogP contribution in [0.5, 0.6) is 5.75 Å². The maximum absolute atomic E-state index is 12.6. The third-order valence-corrected chi connectivity index (χ3v) is 4.18. The smallest absolute Gasteiger partial charge is 0.254 e. The zero-order valence-corrected chi connectivity index (χ0v) is 14.4. The predicted octanol–water partition coefficient (Wildman–Crippen LogP) is 2.21. The number of nitrogens with zero attached hydrogens (tertiary/aromatic N) is 4. The van der Waals surface area contributed by atoms with Gasteiger partial charge in [0.15, 0.2) is 0 Å². The van der Waals surface area contributed by atoms with Gasteiger partial charge in [-0.2, -0.15) is 0 Å². The van der Waals surface area contributed by atoms with E-state index in [1.807, 2.05) is 23.1 Å². The van der Waals surface area contributed by atoms with Gasteiger partial charge < -0.3 is 14.5 Å². The van der Waals surface area contributed by atoms with E-state index in [0.29, 0.717) is 30.4 Å². The van der Waals surface area contributed by atoms with E-state index in [2.05, 4.69) is 30.8 Å². The Morgan fingerprint density at radius 2 is 1.87 bits per heavy atom. The molecule has 1 aromatic carbocycles. The summed E-state index contributed by atoms with van der Waals surface area (Å²) in [5.41, 5.74) is 0.651. The number of hydrogen-bond donors (Lipinski definition) is 0. The number of hydrogen-bond acceptors (Lipinski definition) is 5. The molecule has 120 valence electrons. The van der Waals surface area contributed by atoms with Crippen molar-refractivity contribution in [2.45, 2.75) is 0 Å². The monoisotopic (exact) mass is 376 g/mol. The zero-order chi connectivity index (χ0) is 16.2. The number of carbonyl (C=O) groups is 1. The first kappa shape index (κ1) is 15.7. The van der Waals surface area contributed by atoms with Crippen molar-refractivity contribution >= 4 is 27.8 Å². The number of carbonyl (C=O) groups excluding carboxylic acids is 1. The highest BCUT2D eigenvalue weighted by molar-refractivity contribution is 9.10. The molecular weight excluding hydrogens is 360 g/mol. The minimum absolute atomic E-state index is 0.0280. The SMILES string of the molecule is COc1cccc(C(=O)N2CCN(c3ncc(Br)cn3)CC2)c1. The van der Waals surface area contributed by atoms with E-state index in [1.165, 1.54) is 0 Å². The van der Waals surface area contributed by atoms with Gasteiger partial charge in [0, 0.05) is 44.1 Å². The van der Waals surface area contributed by atoms with Crippen molar-refractivity contribution in [1.82, 2.24) is 14.9 Å². The molecule has 1 aliphatic heterocycles. The number of halogens is 1. The largest absolute Gasteiger partial charge is 0.497 e. The molecule has 2 heterocycles. The van der Waals surface area contributed by atoms with Crippen molar-refractivity contribution in [2.24, 2.45) is 0 Å². The van der Waals surface area contributed by atoms with Crippen LogP contribution in [0.4, 0.5) is 5.95 Å². The first-order valence-corrected chi connectivity index (χ1v) is 8.12. The van der Waals surface area contributed by atoms with E-state index in [0.717, 1.165) is 17.6 Å². The van der Waals surface area contributed by atoms with Crippen molar-refractivity contribution < 1.29 is 9.53 Å². The Hall–Kier alpha value is -2.15. The predicted molar refractivity (Wildman–Crippen MR) is 90.8 cm³/mol. The average Bonchev–Trinajstić information content (AvgIpc) is 2.62. The fraction of sp³-hybridized carbons (Fsp3) is 0.312. The maximum atomic E-state index is 12.6. The van der Waals surface area contributed by atoms with Crippen LogP contribution in [0.25, 0.3) is 0 Å². The Morgan fingerprint density at radius 1 is 1.17 bits per heavy atom. The Labute approximate surface area is 143 Å². The van der Waals surface area contributed by atoms with Gasteiger partial charge in [0.05, 0.1) is 11.6 Å². The Balaban J connectivity index is 1.64. The third kappa shape index (κ3) is 3.61. The fourth-order valence-corrected chi connectivity index (χ4v) is 2.72. The number of rotatable bonds is 3. The molecule has 1 amide bonds. The molecule has 0 atom stereocenters. The quantitative estimate of drug-likeness (QED) is 0.821. The maximum Gasteiger partial charge on any atom is 0.254 e. The second-order valence-electron chi connectivity index (χ2n) is 5.21. The van der Waals surface area contributed by atoms with E-state index in [-0.39, 0.29) is 5.91 Å². The van der Waals surface area contributed by atoms with Crippen LogP contribution in [0.2, 0.25) is 0 Å². The van der Waals surface area contributed by atoms with Gasteiger partial charge in [-0.25, -0.2) is 9.97 Å². The van der Waals surface area contributed by atoms with Crippen molar-refractivity contribution in [3.05, 3.63) is 46.7 Å². The molecular formula is C16H17BrN4O2. The molecule has 1 aromatic heterocycles. The van der Waals surface area contributed by atoms with E-state index < -0.39 is 0 Å². The van der Waals surface area contributed by atoms with E-state index in [1.54, 1.807) is 25.6 Å². The standard InChI is InChI=1S/C16H17BrN4O2/c1-23-14-4-2-3-12(9-14)15(22)20-5-7-21(8-6-20)16-18-10-13(17)11-19-16/h2-4,9-11H,5-8H2,1H3. The summed E-state index contributed by atoms with van der Waals surface area (Å²) >= 11 is 3.33. The van der Waals surface area contributed by atoms with Crippen molar-refractivity contribution in [1.29, 1.82) is 0 Å². The summed E-state index contributed by atoms with van der Waals surface area (Å²) in [6.07, 6.45) is 3.46. The normalized spacial score (nSPS) is 14.7. The number of amides is 1. The van der Waals surface area contributed by atoms with Gasteiger partial charge in [-0.05, 0) is 34.1 Å². The van der Waals surface area contributed by atoms with Crippen LogP contribution in [-0.4, -0.2) is 54.1 Å². The summed E-state index contributed by atoms with van der Waals surface area (Å²) in [4.78, 5) is 25.1. The number of benzene rings is 1. The van der Waals surface area contributed by atoms with Gasteiger partial charge in [0.2, 0.25) is 5.95 Å². The lowest BCUT2D eigenvalue weighted by molar-refractivity contribution is 0.0746. The lowest BCUT2D eigenvalue weighted by Crippen LogP contribution is -2.49. The lowest BCUT2D eigenvalue weighted by atomic mass is 10.1. The number of ether oxygens (including phenoxy) is 1. The van der Waals surface area contributed by atoms with E-state index >= 15 is 0 Å². The van der Waals surface area contributed by atoms with Crippen LogP contribution in [0, 0.1) is 0 Å². The summed E-state index contributed by atoms with van der Waals surface area (Å²) in [5.74, 6) is 1.42. The molecule has 0 radical (unpaired) electrons. The average molecular weight is 377 g/mol. The highest BCUT2D eigenvalue weighted by atomic mass is 79.9. The van der Waals surface area contributed by atoms with Gasteiger partial charge in [-0.15, -0.1) is 0 Å². The second-order valence-corrected chi connectivity index (χ2v) is 6.13. The summed E-state index contributed by atoms with van der Waals surface area (Å²) in [6.45, 7) is 2.74. The lowest BCUT2D eigenvalue weighted by Gasteiger charge is -2.34. The Kier molecular flexibility index (Phi) is 4.76. The molecule has 6 nitrogen and oxygen atoms in total. The highest BCUT2D eigenvalue weighted by Gasteiger charge is 2.23. The first-order chi connectivity index (χ1) is 11.2. The van der Waals surface area contributed by atoms with Crippen LogP contribution in [-0.2, 0) is 0 Å². The van der Waals surface area contributed by atoms with Crippen LogP contribution in [0.1, 0.15) is 10.4 Å². The third-order valence-electron chi connectivity index (χ3n) is 3.77. The van der Waals surface area contributed by atoms with E-state index in [4.69, 9.17) is 4.74 Å². The number of anilines is 1. The second kappa shape index (κ2) is 6.95. The summed E-state index contributed by atoms with van der Waals surface area (Å²) in [5, 5.41) is 0. The molecule has 0 bridgehead atoms.